The molecule has 0 saturated carbocycles. The Bertz CT molecular complexity index is 612. The highest BCUT2D eigenvalue weighted by molar-refractivity contribution is 7.11. The van der Waals surface area contributed by atoms with E-state index in [9.17, 15) is 5.11 Å². The van der Waals surface area contributed by atoms with E-state index in [1.807, 2.05) is 14.0 Å². The number of aromatic hydroxyl groups is 1. The zero-order valence-corrected chi connectivity index (χ0v) is 13.7. The highest BCUT2D eigenvalue weighted by Crippen LogP contribution is 2.29. The fourth-order valence-corrected chi connectivity index (χ4v) is 3.33. The molecule has 1 aromatic heterocycles. The molecular formula is C15H19ClN2OS. The van der Waals surface area contributed by atoms with Crippen molar-refractivity contribution in [2.45, 2.75) is 33.4 Å². The van der Waals surface area contributed by atoms with Crippen LogP contribution in [0.2, 0.25) is 5.02 Å². The van der Waals surface area contributed by atoms with E-state index in [4.69, 9.17) is 11.6 Å². The first-order chi connectivity index (χ1) is 9.38. The summed E-state index contributed by atoms with van der Waals surface area (Å²) in [7, 11) is 2.03. The molecule has 0 radical (unpaired) electrons. The van der Waals surface area contributed by atoms with Gasteiger partial charge in [0.2, 0.25) is 0 Å². The standard InChI is InChI=1S/C15H19ClN2OS/c1-9(15-10(2)20-11(3)17-15)18(4)8-12-7-13(16)5-6-14(12)19/h5-7,9,19H,8H2,1-4H3/t9-/m1/s1. The molecule has 2 aromatic rings. The van der Waals surface area contributed by atoms with E-state index in [2.05, 4.69) is 23.7 Å². The van der Waals surface area contributed by atoms with Gasteiger partial charge in [0, 0.05) is 22.0 Å². The van der Waals surface area contributed by atoms with Crippen LogP contribution in [-0.2, 0) is 6.54 Å². The minimum Gasteiger partial charge on any atom is -0.508 e. The number of benzene rings is 1. The smallest absolute Gasteiger partial charge is 0.120 e. The predicted molar refractivity (Wildman–Crippen MR) is 84.6 cm³/mol. The van der Waals surface area contributed by atoms with E-state index in [-0.39, 0.29) is 11.8 Å². The Morgan fingerprint density at radius 3 is 2.70 bits per heavy atom. The summed E-state index contributed by atoms with van der Waals surface area (Å²) in [6.07, 6.45) is 0. The van der Waals surface area contributed by atoms with Crippen molar-refractivity contribution in [3.8, 4) is 5.75 Å². The van der Waals surface area contributed by atoms with Gasteiger partial charge in [-0.05, 0) is 46.0 Å². The molecular weight excluding hydrogens is 292 g/mol. The number of aryl methyl sites for hydroxylation is 2. The second-order valence-corrected chi connectivity index (χ2v) is 6.88. The molecule has 0 fully saturated rings. The van der Waals surface area contributed by atoms with Crippen molar-refractivity contribution < 1.29 is 5.11 Å². The second kappa shape index (κ2) is 6.12. The Morgan fingerprint density at radius 1 is 1.40 bits per heavy atom. The van der Waals surface area contributed by atoms with E-state index >= 15 is 0 Å². The number of rotatable bonds is 4. The van der Waals surface area contributed by atoms with Gasteiger partial charge < -0.3 is 5.11 Å². The monoisotopic (exact) mass is 310 g/mol. The summed E-state index contributed by atoms with van der Waals surface area (Å²) < 4.78 is 0. The number of hydrogen-bond acceptors (Lipinski definition) is 4. The summed E-state index contributed by atoms with van der Waals surface area (Å²) in [5, 5.41) is 11.6. The fourth-order valence-electron chi connectivity index (χ4n) is 2.23. The van der Waals surface area contributed by atoms with Crippen LogP contribution in [0.4, 0.5) is 0 Å². The Hall–Kier alpha value is -1.10. The van der Waals surface area contributed by atoms with Gasteiger partial charge in [0.25, 0.3) is 0 Å². The molecule has 0 saturated heterocycles. The van der Waals surface area contributed by atoms with Gasteiger partial charge in [0.05, 0.1) is 16.7 Å². The van der Waals surface area contributed by atoms with Crippen LogP contribution >= 0.6 is 22.9 Å². The summed E-state index contributed by atoms with van der Waals surface area (Å²) in [5.74, 6) is 0.277. The van der Waals surface area contributed by atoms with Crippen LogP contribution in [0.5, 0.6) is 5.75 Å². The second-order valence-electron chi connectivity index (χ2n) is 5.04. The van der Waals surface area contributed by atoms with Crippen LogP contribution in [0.15, 0.2) is 18.2 Å². The predicted octanol–water partition coefficient (Wildman–Crippen LogP) is 4.31. The third-order valence-corrected chi connectivity index (χ3v) is 4.59. The lowest BCUT2D eigenvalue weighted by Gasteiger charge is -2.24. The van der Waals surface area contributed by atoms with Crippen molar-refractivity contribution in [3.63, 3.8) is 0 Å². The fraction of sp³-hybridized carbons (Fsp3) is 0.400. The minimum atomic E-state index is 0.193. The zero-order chi connectivity index (χ0) is 14.9. The van der Waals surface area contributed by atoms with Crippen molar-refractivity contribution in [3.05, 3.63) is 44.4 Å². The van der Waals surface area contributed by atoms with Gasteiger partial charge in [-0.15, -0.1) is 11.3 Å². The van der Waals surface area contributed by atoms with E-state index in [0.29, 0.717) is 11.6 Å². The summed E-state index contributed by atoms with van der Waals surface area (Å²) in [5.41, 5.74) is 1.94. The molecule has 3 nitrogen and oxygen atoms in total. The van der Waals surface area contributed by atoms with Gasteiger partial charge in [-0.3, -0.25) is 4.90 Å². The largest absolute Gasteiger partial charge is 0.508 e. The van der Waals surface area contributed by atoms with Crippen LogP contribution in [-0.4, -0.2) is 22.0 Å². The molecule has 0 aliphatic rings. The molecule has 0 spiro atoms. The summed E-state index contributed by atoms with van der Waals surface area (Å²) >= 11 is 7.70. The van der Waals surface area contributed by atoms with Gasteiger partial charge in [-0.25, -0.2) is 4.98 Å². The molecule has 1 aromatic carbocycles. The normalized spacial score (nSPS) is 12.9. The first-order valence-corrected chi connectivity index (χ1v) is 7.69. The molecule has 0 aliphatic heterocycles. The molecule has 1 heterocycles. The summed E-state index contributed by atoms with van der Waals surface area (Å²) in [6, 6.07) is 5.32. The minimum absolute atomic E-state index is 0.193. The quantitative estimate of drug-likeness (QED) is 0.914. The first kappa shape index (κ1) is 15.3. The third-order valence-electron chi connectivity index (χ3n) is 3.46. The average Bonchev–Trinajstić information content (AvgIpc) is 2.72. The van der Waals surface area contributed by atoms with Crippen molar-refractivity contribution in [1.82, 2.24) is 9.88 Å². The number of halogens is 1. The Balaban J connectivity index is 2.17. The SMILES string of the molecule is Cc1nc([C@@H](C)N(C)Cc2cc(Cl)ccc2O)c(C)s1. The van der Waals surface area contributed by atoms with Crippen molar-refractivity contribution in [2.75, 3.05) is 7.05 Å². The molecule has 2 rings (SSSR count). The van der Waals surface area contributed by atoms with Crippen LogP contribution in [0.1, 0.15) is 34.1 Å². The summed E-state index contributed by atoms with van der Waals surface area (Å²) in [6.45, 7) is 6.88. The maximum Gasteiger partial charge on any atom is 0.120 e. The Morgan fingerprint density at radius 2 is 2.10 bits per heavy atom. The van der Waals surface area contributed by atoms with Gasteiger partial charge in [0.15, 0.2) is 0 Å². The summed E-state index contributed by atoms with van der Waals surface area (Å²) in [4.78, 5) is 8.01. The lowest BCUT2D eigenvalue weighted by Crippen LogP contribution is -2.22. The first-order valence-electron chi connectivity index (χ1n) is 6.50. The van der Waals surface area contributed by atoms with Crippen molar-refractivity contribution in [2.24, 2.45) is 0 Å². The third kappa shape index (κ3) is 3.32. The van der Waals surface area contributed by atoms with Crippen LogP contribution < -0.4 is 0 Å². The molecule has 0 bridgehead atoms. The number of hydrogen-bond donors (Lipinski definition) is 1. The lowest BCUT2D eigenvalue weighted by molar-refractivity contribution is 0.245. The van der Waals surface area contributed by atoms with Crippen LogP contribution in [0, 0.1) is 13.8 Å². The zero-order valence-electron chi connectivity index (χ0n) is 12.1. The topological polar surface area (TPSA) is 36.4 Å². The van der Waals surface area contributed by atoms with E-state index in [0.717, 1.165) is 16.3 Å². The van der Waals surface area contributed by atoms with Gasteiger partial charge in [-0.1, -0.05) is 11.6 Å². The number of thiazole rings is 1. The van der Waals surface area contributed by atoms with Gasteiger partial charge in [-0.2, -0.15) is 0 Å². The van der Waals surface area contributed by atoms with E-state index in [1.54, 1.807) is 29.5 Å². The van der Waals surface area contributed by atoms with Crippen molar-refractivity contribution in [1.29, 1.82) is 0 Å². The number of nitrogens with zero attached hydrogens (tertiary/aromatic N) is 2. The van der Waals surface area contributed by atoms with Gasteiger partial charge >= 0.3 is 0 Å². The molecule has 0 unspecified atom stereocenters. The van der Waals surface area contributed by atoms with Crippen LogP contribution in [0.3, 0.4) is 0 Å². The molecule has 5 heteroatoms. The molecule has 1 atom stereocenters. The van der Waals surface area contributed by atoms with Crippen LogP contribution in [0.25, 0.3) is 0 Å². The molecule has 1 N–H and O–H groups in total. The number of phenolic OH excluding ortho intramolecular Hbond substituents is 1. The van der Waals surface area contributed by atoms with E-state index < -0.39 is 0 Å². The molecule has 0 amide bonds. The molecule has 0 aliphatic carbocycles. The Labute approximate surface area is 128 Å². The Kier molecular flexibility index (Phi) is 4.68. The number of aromatic nitrogens is 1. The van der Waals surface area contributed by atoms with Gasteiger partial charge in [0.1, 0.15) is 5.75 Å². The maximum atomic E-state index is 9.90. The maximum absolute atomic E-state index is 9.90. The lowest BCUT2D eigenvalue weighted by atomic mass is 10.1. The average molecular weight is 311 g/mol. The molecule has 108 valence electrons. The van der Waals surface area contributed by atoms with Crippen molar-refractivity contribution >= 4 is 22.9 Å². The number of phenols is 1. The van der Waals surface area contributed by atoms with E-state index in [1.165, 1.54) is 4.88 Å². The highest BCUT2D eigenvalue weighted by Gasteiger charge is 2.18. The molecule has 20 heavy (non-hydrogen) atoms. The highest BCUT2D eigenvalue weighted by atomic mass is 35.5.